The van der Waals surface area contributed by atoms with Crippen molar-refractivity contribution in [3.05, 3.63) is 54.4 Å². The zero-order valence-corrected chi connectivity index (χ0v) is 21.2. The van der Waals surface area contributed by atoms with Crippen LogP contribution in [0.3, 0.4) is 0 Å². The highest BCUT2D eigenvalue weighted by atomic mass is 15.3. The molecule has 0 amide bonds. The van der Waals surface area contributed by atoms with Gasteiger partial charge in [0.2, 0.25) is 5.95 Å². The van der Waals surface area contributed by atoms with Gasteiger partial charge >= 0.3 is 0 Å². The monoisotopic (exact) mass is 472 g/mol. The van der Waals surface area contributed by atoms with Crippen molar-refractivity contribution in [1.82, 2.24) is 24.8 Å². The van der Waals surface area contributed by atoms with Gasteiger partial charge in [-0.15, -0.1) is 0 Å². The SMILES string of the molecule is Cc1cc(Nc2nccc(-c3ccc(NCCCN(C)C)nc3)n2)ccc1N1C[C@@H]2C[C@H]1CN2C. The normalized spacial score (nSPS) is 19.5. The molecule has 8 nitrogen and oxygen atoms in total. The van der Waals surface area contributed by atoms with E-state index in [2.05, 4.69) is 81.6 Å². The van der Waals surface area contributed by atoms with Gasteiger partial charge in [0.15, 0.2) is 0 Å². The smallest absolute Gasteiger partial charge is 0.227 e. The average molecular weight is 473 g/mol. The number of anilines is 4. The van der Waals surface area contributed by atoms with E-state index in [1.165, 1.54) is 17.7 Å². The number of likely N-dealkylation sites (N-methyl/N-ethyl adjacent to an activating group) is 1. The van der Waals surface area contributed by atoms with E-state index in [1.807, 2.05) is 24.4 Å². The third-order valence-corrected chi connectivity index (χ3v) is 7.08. The van der Waals surface area contributed by atoms with Gasteiger partial charge in [0.05, 0.1) is 5.69 Å². The molecule has 0 aliphatic carbocycles. The Bertz CT molecular complexity index is 1140. The number of nitrogens with zero attached hydrogens (tertiary/aromatic N) is 6. The summed E-state index contributed by atoms with van der Waals surface area (Å²) in [4.78, 5) is 21.0. The molecule has 0 spiro atoms. The second-order valence-electron chi connectivity index (χ2n) is 10.0. The standard InChI is InChI=1S/C27H36N8/c1-19-14-21(7-8-25(19)35-18-22-15-23(35)17-34(22)4)31-27-29-12-10-24(32-27)20-6-9-26(30-16-20)28-11-5-13-33(2)3/h6-10,12,14,16,22-23H,5,11,13,15,17-18H2,1-4H3,(H,28,30)(H,29,31,32)/t22-,23-/m0/s1. The minimum Gasteiger partial charge on any atom is -0.370 e. The second-order valence-corrected chi connectivity index (χ2v) is 10.0. The highest BCUT2D eigenvalue weighted by Crippen LogP contribution is 2.36. The van der Waals surface area contributed by atoms with Crippen molar-refractivity contribution in [2.75, 3.05) is 62.9 Å². The van der Waals surface area contributed by atoms with Crippen LogP contribution in [0.1, 0.15) is 18.4 Å². The van der Waals surface area contributed by atoms with E-state index >= 15 is 0 Å². The molecule has 8 heteroatoms. The maximum absolute atomic E-state index is 4.73. The number of hydrogen-bond donors (Lipinski definition) is 2. The molecule has 35 heavy (non-hydrogen) atoms. The lowest BCUT2D eigenvalue weighted by Gasteiger charge is -2.34. The molecular weight excluding hydrogens is 436 g/mol. The molecule has 5 rings (SSSR count). The van der Waals surface area contributed by atoms with Gasteiger partial charge in [-0.2, -0.15) is 0 Å². The molecular formula is C27H36N8. The Balaban J connectivity index is 1.22. The van der Waals surface area contributed by atoms with Gasteiger partial charge in [0.25, 0.3) is 0 Å². The molecule has 2 fully saturated rings. The Hall–Kier alpha value is -3.23. The van der Waals surface area contributed by atoms with Crippen LogP contribution in [0.2, 0.25) is 0 Å². The second kappa shape index (κ2) is 10.2. The fourth-order valence-electron chi connectivity index (χ4n) is 5.19. The number of nitrogens with one attached hydrogen (secondary N) is 2. The first-order chi connectivity index (χ1) is 17.0. The maximum Gasteiger partial charge on any atom is 0.227 e. The zero-order chi connectivity index (χ0) is 24.4. The van der Waals surface area contributed by atoms with E-state index in [1.54, 1.807) is 6.20 Å². The lowest BCUT2D eigenvalue weighted by Crippen LogP contribution is -2.44. The molecule has 2 atom stereocenters. The summed E-state index contributed by atoms with van der Waals surface area (Å²) >= 11 is 0. The van der Waals surface area contributed by atoms with Gasteiger partial charge in [-0.1, -0.05) is 0 Å². The maximum atomic E-state index is 4.73. The molecule has 2 saturated heterocycles. The molecule has 2 aliphatic rings. The number of fused-ring (bicyclic) bond motifs is 2. The fourth-order valence-corrected chi connectivity index (χ4v) is 5.19. The van der Waals surface area contributed by atoms with Crippen molar-refractivity contribution >= 4 is 23.1 Å². The minimum atomic E-state index is 0.586. The van der Waals surface area contributed by atoms with Gasteiger partial charge in [-0.05, 0) is 89.4 Å². The minimum absolute atomic E-state index is 0.586. The number of rotatable bonds is 9. The molecule has 2 bridgehead atoms. The summed E-state index contributed by atoms with van der Waals surface area (Å²) in [5, 5.41) is 6.76. The lowest BCUT2D eigenvalue weighted by molar-refractivity contribution is 0.292. The van der Waals surface area contributed by atoms with Gasteiger partial charge in [0.1, 0.15) is 5.82 Å². The van der Waals surface area contributed by atoms with Crippen LogP contribution >= 0.6 is 0 Å². The van der Waals surface area contributed by atoms with Gasteiger partial charge in [-0.3, -0.25) is 4.90 Å². The Morgan fingerprint density at radius 2 is 1.94 bits per heavy atom. The highest BCUT2D eigenvalue weighted by molar-refractivity contribution is 5.66. The van der Waals surface area contributed by atoms with Crippen LogP contribution in [0, 0.1) is 6.92 Å². The number of aromatic nitrogens is 3. The number of benzene rings is 1. The number of hydrogen-bond acceptors (Lipinski definition) is 8. The summed E-state index contributed by atoms with van der Waals surface area (Å²) in [7, 11) is 6.42. The van der Waals surface area contributed by atoms with Crippen LogP contribution in [0.5, 0.6) is 0 Å². The Kier molecular flexibility index (Phi) is 6.83. The van der Waals surface area contributed by atoms with Crippen LogP contribution in [-0.2, 0) is 0 Å². The predicted octanol–water partition coefficient (Wildman–Crippen LogP) is 3.85. The summed E-state index contributed by atoms with van der Waals surface area (Å²) in [5.74, 6) is 1.47. The molecule has 3 aromatic rings. The van der Waals surface area contributed by atoms with E-state index in [0.717, 1.165) is 55.4 Å². The summed E-state index contributed by atoms with van der Waals surface area (Å²) < 4.78 is 0. The fraction of sp³-hybridized carbons (Fsp3) is 0.444. The summed E-state index contributed by atoms with van der Waals surface area (Å²) in [6.45, 7) is 6.43. The van der Waals surface area contributed by atoms with Gasteiger partial charge in [-0.25, -0.2) is 15.0 Å². The van der Waals surface area contributed by atoms with E-state index in [4.69, 9.17) is 4.98 Å². The molecule has 4 heterocycles. The zero-order valence-electron chi connectivity index (χ0n) is 21.2. The molecule has 184 valence electrons. The third-order valence-electron chi connectivity index (χ3n) is 7.08. The van der Waals surface area contributed by atoms with Crippen LogP contribution in [0.25, 0.3) is 11.3 Å². The molecule has 0 saturated carbocycles. The van der Waals surface area contributed by atoms with Crippen molar-refractivity contribution in [2.24, 2.45) is 0 Å². The predicted molar refractivity (Wildman–Crippen MR) is 144 cm³/mol. The number of aryl methyl sites for hydroxylation is 1. The topological polar surface area (TPSA) is 72.4 Å². The molecule has 2 aromatic heterocycles. The van der Waals surface area contributed by atoms with E-state index < -0.39 is 0 Å². The van der Waals surface area contributed by atoms with Crippen LogP contribution in [0.4, 0.5) is 23.1 Å². The van der Waals surface area contributed by atoms with Gasteiger partial charge < -0.3 is 20.4 Å². The van der Waals surface area contributed by atoms with Crippen LogP contribution in [-0.4, -0.2) is 84.2 Å². The highest BCUT2D eigenvalue weighted by Gasteiger charge is 2.41. The van der Waals surface area contributed by atoms with Crippen molar-refractivity contribution in [3.63, 3.8) is 0 Å². The van der Waals surface area contributed by atoms with E-state index in [9.17, 15) is 0 Å². The van der Waals surface area contributed by atoms with Crippen molar-refractivity contribution < 1.29 is 0 Å². The third kappa shape index (κ3) is 5.39. The van der Waals surface area contributed by atoms with Crippen molar-refractivity contribution in [2.45, 2.75) is 31.8 Å². The average Bonchev–Trinajstić information content (AvgIpc) is 3.42. The molecule has 2 N–H and O–H groups in total. The molecule has 1 aromatic carbocycles. The van der Waals surface area contributed by atoms with Gasteiger partial charge in [0, 0.05) is 61.0 Å². The largest absolute Gasteiger partial charge is 0.370 e. The Labute approximate surface area is 208 Å². The lowest BCUT2D eigenvalue weighted by atomic mass is 10.1. The molecule has 0 radical (unpaired) electrons. The van der Waals surface area contributed by atoms with E-state index in [-0.39, 0.29) is 0 Å². The summed E-state index contributed by atoms with van der Waals surface area (Å²) in [6, 6.07) is 13.9. The van der Waals surface area contributed by atoms with Crippen LogP contribution in [0.15, 0.2) is 48.8 Å². The Morgan fingerprint density at radius 3 is 2.63 bits per heavy atom. The number of piperazine rings is 1. The molecule has 0 unspecified atom stereocenters. The Morgan fingerprint density at radius 1 is 1.06 bits per heavy atom. The van der Waals surface area contributed by atoms with Crippen molar-refractivity contribution in [3.8, 4) is 11.3 Å². The first kappa shape index (κ1) is 23.5. The first-order valence-corrected chi connectivity index (χ1v) is 12.5. The summed E-state index contributed by atoms with van der Waals surface area (Å²) in [6.07, 6.45) is 6.00. The van der Waals surface area contributed by atoms with Crippen molar-refractivity contribution in [1.29, 1.82) is 0 Å². The van der Waals surface area contributed by atoms with Crippen LogP contribution < -0.4 is 15.5 Å². The first-order valence-electron chi connectivity index (χ1n) is 12.5. The van der Waals surface area contributed by atoms with E-state index in [0.29, 0.717) is 18.0 Å². The number of pyridine rings is 1. The number of likely N-dealkylation sites (tertiary alicyclic amines) is 1. The summed E-state index contributed by atoms with van der Waals surface area (Å²) in [5.41, 5.74) is 5.43. The molecule has 2 aliphatic heterocycles. The quantitative estimate of drug-likeness (QED) is 0.455.